The van der Waals surface area contributed by atoms with Gasteiger partial charge in [-0.1, -0.05) is 12.2 Å². The lowest BCUT2D eigenvalue weighted by atomic mass is 9.96. The SMILES string of the molecule is COC1=Nc2c3c(nc(=S)cc(C)c3cn2C2O[C@H](CO)[C@@H](O)[C@@]2(C)O)N1. The Balaban J connectivity index is 2.01. The molecule has 27 heavy (non-hydrogen) atoms. The van der Waals surface area contributed by atoms with Crippen molar-refractivity contribution < 1.29 is 24.8 Å². The molecule has 0 saturated carbocycles. The first-order chi connectivity index (χ1) is 12.8. The van der Waals surface area contributed by atoms with E-state index in [-0.39, 0.29) is 6.02 Å². The molecule has 0 radical (unpaired) electrons. The monoisotopic (exact) mass is 392 g/mol. The Morgan fingerprint density at radius 3 is 2.85 bits per heavy atom. The highest BCUT2D eigenvalue weighted by Crippen LogP contribution is 2.45. The van der Waals surface area contributed by atoms with E-state index >= 15 is 0 Å². The molecule has 0 aromatic carbocycles. The fourth-order valence-corrected chi connectivity index (χ4v) is 3.87. The van der Waals surface area contributed by atoms with E-state index in [1.807, 2.05) is 6.92 Å². The maximum atomic E-state index is 10.9. The van der Waals surface area contributed by atoms with Crippen molar-refractivity contribution in [1.82, 2.24) is 9.55 Å². The van der Waals surface area contributed by atoms with Gasteiger partial charge in [-0.3, -0.25) is 5.32 Å². The van der Waals surface area contributed by atoms with Crippen molar-refractivity contribution in [1.29, 1.82) is 0 Å². The van der Waals surface area contributed by atoms with Crippen molar-refractivity contribution in [2.24, 2.45) is 4.99 Å². The van der Waals surface area contributed by atoms with E-state index in [2.05, 4.69) is 15.3 Å². The van der Waals surface area contributed by atoms with Gasteiger partial charge in [-0.15, -0.1) is 0 Å². The number of nitrogens with one attached hydrogen (secondary N) is 1. The minimum absolute atomic E-state index is 0.214. The minimum atomic E-state index is -1.64. The molecule has 10 heteroatoms. The third-order valence-corrected chi connectivity index (χ3v) is 5.25. The van der Waals surface area contributed by atoms with Gasteiger partial charge >= 0.3 is 0 Å². The summed E-state index contributed by atoms with van der Waals surface area (Å²) in [6.07, 6.45) is -1.36. The Kier molecular flexibility index (Phi) is 4.20. The second kappa shape index (κ2) is 6.21. The van der Waals surface area contributed by atoms with E-state index < -0.39 is 30.6 Å². The number of aliphatic hydroxyl groups is 3. The molecule has 0 amide bonds. The third kappa shape index (κ3) is 2.64. The fraction of sp³-hybridized carbons (Fsp3) is 0.471. The van der Waals surface area contributed by atoms with Gasteiger partial charge in [-0.05, 0) is 25.5 Å². The van der Waals surface area contributed by atoms with Gasteiger partial charge in [0, 0.05) is 11.6 Å². The molecule has 2 aromatic rings. The van der Waals surface area contributed by atoms with E-state index in [0.717, 1.165) is 10.9 Å². The van der Waals surface area contributed by atoms with Crippen LogP contribution in [0.15, 0.2) is 17.3 Å². The lowest BCUT2D eigenvalue weighted by Gasteiger charge is -2.28. The Morgan fingerprint density at radius 2 is 2.22 bits per heavy atom. The largest absolute Gasteiger partial charge is 0.468 e. The van der Waals surface area contributed by atoms with E-state index in [9.17, 15) is 15.3 Å². The summed E-state index contributed by atoms with van der Waals surface area (Å²) in [5, 5.41) is 35.2. The van der Waals surface area contributed by atoms with Gasteiger partial charge in [0.25, 0.3) is 6.02 Å². The number of nitrogens with zero attached hydrogens (tertiary/aromatic N) is 3. The van der Waals surface area contributed by atoms with Gasteiger partial charge in [0.1, 0.15) is 28.3 Å². The zero-order chi connectivity index (χ0) is 19.5. The smallest absolute Gasteiger partial charge is 0.296 e. The highest BCUT2D eigenvalue weighted by Gasteiger charge is 2.53. The summed E-state index contributed by atoms with van der Waals surface area (Å²) in [5.41, 5.74) is -0.761. The van der Waals surface area contributed by atoms with Crippen LogP contribution in [0.4, 0.5) is 11.6 Å². The summed E-state index contributed by atoms with van der Waals surface area (Å²) in [6, 6.07) is 1.99. The van der Waals surface area contributed by atoms with Crippen LogP contribution in [0.25, 0.3) is 10.8 Å². The van der Waals surface area contributed by atoms with Gasteiger partial charge in [0.15, 0.2) is 12.0 Å². The number of anilines is 1. The number of methoxy groups -OCH3 is 1. The third-order valence-electron chi connectivity index (χ3n) is 5.04. The fourth-order valence-electron chi connectivity index (χ4n) is 3.60. The van der Waals surface area contributed by atoms with Crippen molar-refractivity contribution in [3.8, 4) is 0 Å². The van der Waals surface area contributed by atoms with Crippen LogP contribution in [0.1, 0.15) is 18.7 Å². The second-order valence-corrected chi connectivity index (χ2v) is 7.32. The summed E-state index contributed by atoms with van der Waals surface area (Å²) >= 11 is 5.27. The quantitative estimate of drug-likeness (QED) is 0.562. The van der Waals surface area contributed by atoms with Crippen LogP contribution in [0.3, 0.4) is 0 Å². The van der Waals surface area contributed by atoms with Crippen LogP contribution in [0.2, 0.25) is 0 Å². The standard InChI is InChI=1S/C17H20N4O5S/c1-7-4-10(27)18-13-11-8(7)5-21(14(11)20-16(19-13)25-3)15-17(2,24)12(23)9(6-22)26-15/h4-5,9,12,15,22-24H,6H2,1-3H3,(H,18,19,20,27)/t9-,12-,15?,17-/m1/s1. The predicted octanol–water partition coefficient (Wildman–Crippen LogP) is 1.14. The van der Waals surface area contributed by atoms with Crippen LogP contribution in [-0.2, 0) is 9.47 Å². The average molecular weight is 392 g/mol. The van der Waals surface area contributed by atoms with E-state index in [1.165, 1.54) is 14.0 Å². The lowest BCUT2D eigenvalue weighted by molar-refractivity contribution is -0.0955. The first kappa shape index (κ1) is 18.3. The molecule has 1 fully saturated rings. The first-order valence-electron chi connectivity index (χ1n) is 8.41. The Hall–Kier alpha value is -2.11. The zero-order valence-corrected chi connectivity index (χ0v) is 15.8. The summed E-state index contributed by atoms with van der Waals surface area (Å²) in [5.74, 6) is 0.938. The van der Waals surface area contributed by atoms with Gasteiger partial charge < -0.3 is 29.4 Å². The number of ether oxygens (including phenoxy) is 2. The predicted molar refractivity (Wildman–Crippen MR) is 101 cm³/mol. The number of amidine groups is 1. The van der Waals surface area contributed by atoms with Crippen LogP contribution < -0.4 is 5.32 Å². The van der Waals surface area contributed by atoms with Crippen LogP contribution >= 0.6 is 12.2 Å². The zero-order valence-electron chi connectivity index (χ0n) is 15.0. The molecule has 2 aliphatic rings. The molecule has 4 atom stereocenters. The van der Waals surface area contributed by atoms with Gasteiger partial charge in [0.05, 0.1) is 19.1 Å². The van der Waals surface area contributed by atoms with Crippen molar-refractivity contribution in [2.45, 2.75) is 37.9 Å². The van der Waals surface area contributed by atoms with Crippen molar-refractivity contribution in [3.05, 3.63) is 22.5 Å². The topological polar surface area (TPSA) is 121 Å². The Labute approximate surface area is 159 Å². The first-order valence-corrected chi connectivity index (χ1v) is 8.81. The summed E-state index contributed by atoms with van der Waals surface area (Å²) < 4.78 is 13.0. The molecule has 144 valence electrons. The molecule has 4 N–H and O–H groups in total. The Bertz CT molecular complexity index is 1020. The summed E-state index contributed by atoms with van der Waals surface area (Å²) in [4.78, 5) is 8.88. The molecule has 0 bridgehead atoms. The maximum Gasteiger partial charge on any atom is 0.296 e. The average Bonchev–Trinajstić information content (AvgIpc) is 3.06. The number of rotatable bonds is 2. The number of hydrogen-bond donors (Lipinski definition) is 4. The molecule has 4 heterocycles. The van der Waals surface area contributed by atoms with Crippen molar-refractivity contribution >= 4 is 40.6 Å². The van der Waals surface area contributed by atoms with Crippen LogP contribution in [-0.4, -0.2) is 62.4 Å². The molecule has 0 spiro atoms. The van der Waals surface area contributed by atoms with E-state index in [4.69, 9.17) is 21.7 Å². The van der Waals surface area contributed by atoms with Crippen LogP contribution in [0.5, 0.6) is 0 Å². The normalized spacial score (nSPS) is 29.6. The number of aliphatic imine (C=N–C) groups is 1. The van der Waals surface area contributed by atoms with Crippen molar-refractivity contribution in [3.63, 3.8) is 0 Å². The lowest BCUT2D eigenvalue weighted by Crippen LogP contribution is -2.44. The molecular formula is C17H20N4O5S. The minimum Gasteiger partial charge on any atom is -0.468 e. The van der Waals surface area contributed by atoms with Crippen LogP contribution in [0, 0.1) is 11.6 Å². The number of aliphatic hydroxyl groups excluding tert-OH is 2. The molecule has 9 nitrogen and oxygen atoms in total. The molecule has 2 aliphatic heterocycles. The highest BCUT2D eigenvalue weighted by molar-refractivity contribution is 7.71. The number of aryl methyl sites for hydroxylation is 1. The number of hydrogen-bond acceptors (Lipinski definition) is 9. The van der Waals surface area contributed by atoms with Gasteiger partial charge in [-0.25, -0.2) is 4.98 Å². The molecule has 2 aromatic heterocycles. The Morgan fingerprint density at radius 1 is 1.48 bits per heavy atom. The van der Waals surface area contributed by atoms with Crippen molar-refractivity contribution in [2.75, 3.05) is 19.0 Å². The highest BCUT2D eigenvalue weighted by atomic mass is 32.1. The maximum absolute atomic E-state index is 10.9. The summed E-state index contributed by atoms with van der Waals surface area (Å²) in [6.45, 7) is 2.95. The molecule has 4 rings (SSSR count). The number of aromatic nitrogens is 2. The summed E-state index contributed by atoms with van der Waals surface area (Å²) in [7, 11) is 1.47. The van der Waals surface area contributed by atoms with E-state index in [1.54, 1.807) is 16.8 Å². The molecular weight excluding hydrogens is 372 g/mol. The molecule has 1 unspecified atom stereocenters. The van der Waals surface area contributed by atoms with Gasteiger partial charge in [-0.2, -0.15) is 4.99 Å². The molecule has 0 aliphatic carbocycles. The van der Waals surface area contributed by atoms with Gasteiger partial charge in [0.2, 0.25) is 0 Å². The molecule has 1 saturated heterocycles. The second-order valence-electron chi connectivity index (χ2n) is 6.90. The van der Waals surface area contributed by atoms with E-state index in [0.29, 0.717) is 21.7 Å².